The minimum atomic E-state index is 0.171. The van der Waals surface area contributed by atoms with Gasteiger partial charge in [-0.05, 0) is 42.7 Å². The summed E-state index contributed by atoms with van der Waals surface area (Å²) in [4.78, 5) is 2.13. The van der Waals surface area contributed by atoms with Crippen LogP contribution in [0, 0.1) is 0 Å². The Hall–Kier alpha value is -1.66. The summed E-state index contributed by atoms with van der Waals surface area (Å²) in [6.45, 7) is 4.48. The number of rotatable bonds is 7. The van der Waals surface area contributed by atoms with E-state index in [1.165, 1.54) is 11.5 Å². The number of aliphatic hydroxyl groups is 1. The number of anilines is 2. The molecule has 0 atom stereocenters. The van der Waals surface area contributed by atoms with Crippen LogP contribution in [0.3, 0.4) is 0 Å². The van der Waals surface area contributed by atoms with Gasteiger partial charge in [-0.3, -0.25) is 0 Å². The van der Waals surface area contributed by atoms with Crippen LogP contribution in [0.2, 0.25) is 0 Å². The molecule has 1 aromatic heterocycles. The fourth-order valence-electron chi connectivity index (χ4n) is 1.83. The molecule has 0 fully saturated rings. The number of nitrogens with one attached hydrogen (secondary N) is 1. The molecule has 0 aliphatic heterocycles. The van der Waals surface area contributed by atoms with Crippen molar-refractivity contribution >= 4 is 22.9 Å². The molecule has 1 aromatic carbocycles. The van der Waals surface area contributed by atoms with Gasteiger partial charge in [-0.1, -0.05) is 4.49 Å². The number of hydrogen-bond acceptors (Lipinski definition) is 6. The first-order valence-corrected chi connectivity index (χ1v) is 7.12. The zero-order chi connectivity index (χ0) is 13.5. The van der Waals surface area contributed by atoms with E-state index >= 15 is 0 Å². The molecule has 2 N–H and O–H groups in total. The number of aliphatic hydroxyl groups excluding tert-OH is 1. The number of likely N-dealkylation sites (N-methyl/N-ethyl adjacent to an activating group) is 1. The standard InChI is InChI=1S/C13H18N4OS/c1-2-17(7-8-18)13-5-3-11(4-6-13)14-9-12-10-19-16-15-12/h3-6,10,14,18H,2,7-9H2,1H3. The zero-order valence-corrected chi connectivity index (χ0v) is 11.7. The Bertz CT molecular complexity index is 472. The molecule has 0 aliphatic rings. The van der Waals surface area contributed by atoms with Gasteiger partial charge in [-0.2, -0.15) is 0 Å². The summed E-state index contributed by atoms with van der Waals surface area (Å²) in [5.41, 5.74) is 3.12. The van der Waals surface area contributed by atoms with Crippen molar-refractivity contribution in [3.8, 4) is 0 Å². The molecule has 0 bridgehead atoms. The maximum atomic E-state index is 9.01. The molecular formula is C13H18N4OS. The Balaban J connectivity index is 1.93. The SMILES string of the molecule is CCN(CCO)c1ccc(NCc2csnn2)cc1. The van der Waals surface area contributed by atoms with E-state index in [4.69, 9.17) is 5.11 Å². The summed E-state index contributed by atoms with van der Waals surface area (Å²) in [6.07, 6.45) is 0. The molecule has 0 aliphatic carbocycles. The van der Waals surface area contributed by atoms with E-state index < -0.39 is 0 Å². The van der Waals surface area contributed by atoms with Crippen LogP contribution >= 0.6 is 11.5 Å². The summed E-state index contributed by atoms with van der Waals surface area (Å²) in [5.74, 6) is 0. The Morgan fingerprint density at radius 2 is 2.11 bits per heavy atom. The Kier molecular flexibility index (Phi) is 5.11. The first-order chi connectivity index (χ1) is 9.33. The minimum absolute atomic E-state index is 0.171. The van der Waals surface area contributed by atoms with Crippen molar-refractivity contribution in [1.29, 1.82) is 0 Å². The van der Waals surface area contributed by atoms with Gasteiger partial charge >= 0.3 is 0 Å². The Morgan fingerprint density at radius 3 is 2.68 bits per heavy atom. The summed E-state index contributed by atoms with van der Waals surface area (Å²) in [5, 5.41) is 18.2. The van der Waals surface area contributed by atoms with Gasteiger partial charge in [0.2, 0.25) is 0 Å². The number of hydrogen-bond donors (Lipinski definition) is 2. The second-order valence-electron chi connectivity index (χ2n) is 4.10. The topological polar surface area (TPSA) is 61.3 Å². The molecule has 2 aromatic rings. The fraction of sp³-hybridized carbons (Fsp3) is 0.385. The lowest BCUT2D eigenvalue weighted by molar-refractivity contribution is 0.302. The highest BCUT2D eigenvalue weighted by molar-refractivity contribution is 7.03. The van der Waals surface area contributed by atoms with Crippen molar-refractivity contribution in [3.63, 3.8) is 0 Å². The van der Waals surface area contributed by atoms with Crippen molar-refractivity contribution in [2.75, 3.05) is 29.9 Å². The molecule has 5 nitrogen and oxygen atoms in total. The van der Waals surface area contributed by atoms with Crippen LogP contribution in [-0.2, 0) is 6.54 Å². The van der Waals surface area contributed by atoms with Gasteiger partial charge in [0.25, 0.3) is 0 Å². The molecule has 6 heteroatoms. The molecule has 102 valence electrons. The first kappa shape index (κ1) is 13.8. The highest BCUT2D eigenvalue weighted by Crippen LogP contribution is 2.18. The lowest BCUT2D eigenvalue weighted by Crippen LogP contribution is -2.25. The monoisotopic (exact) mass is 278 g/mol. The lowest BCUT2D eigenvalue weighted by Gasteiger charge is -2.22. The predicted molar refractivity (Wildman–Crippen MR) is 78.7 cm³/mol. The zero-order valence-electron chi connectivity index (χ0n) is 10.9. The highest BCUT2D eigenvalue weighted by Gasteiger charge is 2.03. The van der Waals surface area contributed by atoms with Gasteiger partial charge in [0.15, 0.2) is 0 Å². The van der Waals surface area contributed by atoms with Gasteiger partial charge in [-0.25, -0.2) is 0 Å². The van der Waals surface area contributed by atoms with Gasteiger partial charge in [-0.15, -0.1) is 5.10 Å². The van der Waals surface area contributed by atoms with Crippen LogP contribution < -0.4 is 10.2 Å². The molecule has 2 rings (SSSR count). The predicted octanol–water partition coefficient (Wildman–Crippen LogP) is 1.97. The van der Waals surface area contributed by atoms with Gasteiger partial charge in [0.1, 0.15) is 0 Å². The fourth-order valence-corrected chi connectivity index (χ4v) is 2.29. The number of nitrogens with zero attached hydrogens (tertiary/aromatic N) is 3. The van der Waals surface area contributed by atoms with E-state index in [0.717, 1.165) is 23.6 Å². The molecular weight excluding hydrogens is 260 g/mol. The van der Waals surface area contributed by atoms with E-state index in [-0.39, 0.29) is 6.61 Å². The average molecular weight is 278 g/mol. The summed E-state index contributed by atoms with van der Waals surface area (Å²) < 4.78 is 3.82. The van der Waals surface area contributed by atoms with E-state index in [0.29, 0.717) is 13.1 Å². The summed E-state index contributed by atoms with van der Waals surface area (Å²) in [7, 11) is 0. The normalized spacial score (nSPS) is 10.4. The Morgan fingerprint density at radius 1 is 1.32 bits per heavy atom. The Labute approximate surface area is 117 Å². The van der Waals surface area contributed by atoms with Gasteiger partial charge in [0, 0.05) is 29.8 Å². The minimum Gasteiger partial charge on any atom is -0.395 e. The molecule has 19 heavy (non-hydrogen) atoms. The van der Waals surface area contributed by atoms with Crippen molar-refractivity contribution in [3.05, 3.63) is 35.3 Å². The molecule has 0 unspecified atom stereocenters. The van der Waals surface area contributed by atoms with Crippen molar-refractivity contribution in [1.82, 2.24) is 9.59 Å². The van der Waals surface area contributed by atoms with Crippen LogP contribution in [0.1, 0.15) is 12.6 Å². The van der Waals surface area contributed by atoms with Gasteiger partial charge < -0.3 is 15.3 Å². The third-order valence-electron chi connectivity index (χ3n) is 2.86. The van der Waals surface area contributed by atoms with E-state index in [2.05, 4.69) is 38.9 Å². The van der Waals surface area contributed by atoms with Crippen molar-refractivity contribution in [2.45, 2.75) is 13.5 Å². The molecule has 0 saturated heterocycles. The van der Waals surface area contributed by atoms with Gasteiger partial charge in [0.05, 0.1) is 18.8 Å². The highest BCUT2D eigenvalue weighted by atomic mass is 32.1. The van der Waals surface area contributed by atoms with Crippen LogP contribution in [0.25, 0.3) is 0 Å². The number of aromatic nitrogens is 2. The van der Waals surface area contributed by atoms with Crippen molar-refractivity contribution in [2.24, 2.45) is 0 Å². The second kappa shape index (κ2) is 7.06. The molecule has 1 heterocycles. The van der Waals surface area contributed by atoms with E-state index in [1.54, 1.807) is 0 Å². The van der Waals surface area contributed by atoms with Crippen LogP contribution in [0.5, 0.6) is 0 Å². The molecule has 0 saturated carbocycles. The maximum Gasteiger partial charge on any atom is 0.0946 e. The molecule has 0 amide bonds. The number of benzene rings is 1. The smallest absolute Gasteiger partial charge is 0.0946 e. The lowest BCUT2D eigenvalue weighted by atomic mass is 10.2. The first-order valence-electron chi connectivity index (χ1n) is 6.29. The van der Waals surface area contributed by atoms with E-state index in [1.807, 2.05) is 17.5 Å². The average Bonchev–Trinajstić information content (AvgIpc) is 2.96. The third kappa shape index (κ3) is 3.90. The quantitative estimate of drug-likeness (QED) is 0.811. The summed E-state index contributed by atoms with van der Waals surface area (Å²) >= 11 is 1.36. The largest absolute Gasteiger partial charge is 0.395 e. The molecule has 0 spiro atoms. The van der Waals surface area contributed by atoms with E-state index in [9.17, 15) is 0 Å². The van der Waals surface area contributed by atoms with Crippen molar-refractivity contribution < 1.29 is 5.11 Å². The maximum absolute atomic E-state index is 9.01. The third-order valence-corrected chi connectivity index (χ3v) is 3.42. The second-order valence-corrected chi connectivity index (χ2v) is 4.71. The summed E-state index contributed by atoms with van der Waals surface area (Å²) in [6, 6.07) is 8.19. The van der Waals surface area contributed by atoms with Crippen LogP contribution in [0.4, 0.5) is 11.4 Å². The van der Waals surface area contributed by atoms with Crippen LogP contribution in [0.15, 0.2) is 29.6 Å². The molecule has 0 radical (unpaired) electrons. The van der Waals surface area contributed by atoms with Crippen LogP contribution in [-0.4, -0.2) is 34.4 Å².